The van der Waals surface area contributed by atoms with E-state index in [4.69, 9.17) is 18.9 Å². The number of rotatable bonds is 7. The molecule has 1 saturated carbocycles. The first-order chi connectivity index (χ1) is 21.8. The monoisotopic (exact) mass is 614 g/mol. The van der Waals surface area contributed by atoms with Crippen molar-refractivity contribution in [1.29, 1.82) is 0 Å². The molecule has 1 amide bonds. The van der Waals surface area contributed by atoms with Crippen LogP contribution >= 0.6 is 0 Å². The van der Waals surface area contributed by atoms with Gasteiger partial charge in [0.25, 0.3) is 11.5 Å². The molecule has 4 heterocycles. The first-order valence-electron chi connectivity index (χ1n) is 14.2. The Morgan fingerprint density at radius 3 is 2.44 bits per heavy atom. The Morgan fingerprint density at radius 2 is 1.76 bits per heavy atom. The van der Waals surface area contributed by atoms with Crippen molar-refractivity contribution >= 4 is 22.5 Å². The maximum absolute atomic E-state index is 15.3. The molecule has 1 aliphatic carbocycles. The van der Waals surface area contributed by atoms with Gasteiger partial charge in [-0.3, -0.25) is 19.1 Å². The molecule has 230 valence electrons. The van der Waals surface area contributed by atoms with Crippen LogP contribution in [0, 0.1) is 18.6 Å². The van der Waals surface area contributed by atoms with Gasteiger partial charge < -0.3 is 24.3 Å². The second-order valence-electron chi connectivity index (χ2n) is 10.7. The molecule has 1 aliphatic heterocycles. The van der Waals surface area contributed by atoms with E-state index in [1.165, 1.54) is 36.2 Å². The number of methoxy groups -OCH3 is 1. The highest BCUT2D eigenvalue weighted by molar-refractivity contribution is 6.04. The minimum atomic E-state index is -1.06. The van der Waals surface area contributed by atoms with Crippen LogP contribution in [0.4, 0.5) is 14.5 Å². The SMILES string of the molecule is COc1cc(C)c(-n2c(C3CC3)ccc(C(=O)Nc3cc(F)c(Oc4ccnc5cc6c(cc45)OCCO6)c(F)c3)c2=O)cn1.[HH]. The van der Waals surface area contributed by atoms with Gasteiger partial charge in [0.15, 0.2) is 28.9 Å². The lowest BCUT2D eigenvalue weighted by molar-refractivity contribution is 0.102. The van der Waals surface area contributed by atoms with Crippen LogP contribution in [-0.4, -0.2) is 40.8 Å². The Balaban J connectivity index is 0.00000372. The highest BCUT2D eigenvalue weighted by Crippen LogP contribution is 2.41. The lowest BCUT2D eigenvalue weighted by Gasteiger charge is -2.19. The third-order valence-corrected chi connectivity index (χ3v) is 7.69. The Morgan fingerprint density at radius 1 is 1.02 bits per heavy atom. The van der Waals surface area contributed by atoms with Gasteiger partial charge >= 0.3 is 0 Å². The zero-order valence-electron chi connectivity index (χ0n) is 24.2. The van der Waals surface area contributed by atoms with Crippen molar-refractivity contribution in [3.05, 3.63) is 99.7 Å². The summed E-state index contributed by atoms with van der Waals surface area (Å²) < 4.78 is 54.1. The van der Waals surface area contributed by atoms with Crippen LogP contribution in [0.15, 0.2) is 65.7 Å². The molecule has 0 radical (unpaired) electrons. The minimum absolute atomic E-state index is 0. The fourth-order valence-electron chi connectivity index (χ4n) is 5.32. The van der Waals surface area contributed by atoms with Gasteiger partial charge in [0.2, 0.25) is 5.88 Å². The van der Waals surface area contributed by atoms with Crippen molar-refractivity contribution < 1.29 is 33.9 Å². The molecule has 1 fully saturated rings. The zero-order valence-corrected chi connectivity index (χ0v) is 24.2. The Kier molecular flexibility index (Phi) is 7.03. The molecular formula is C33H28F2N4O6. The summed E-state index contributed by atoms with van der Waals surface area (Å²) in [5.74, 6) is -1.93. The Hall–Kier alpha value is -5.52. The van der Waals surface area contributed by atoms with Crippen LogP contribution < -0.4 is 29.8 Å². The Labute approximate surface area is 256 Å². The highest BCUT2D eigenvalue weighted by Gasteiger charge is 2.30. The number of nitrogens with zero attached hydrogens (tertiary/aromatic N) is 3. The fourth-order valence-corrected chi connectivity index (χ4v) is 5.32. The number of pyridine rings is 3. The Bertz CT molecular complexity index is 2040. The number of nitrogens with one attached hydrogen (secondary N) is 1. The van der Waals surface area contributed by atoms with E-state index in [9.17, 15) is 9.59 Å². The maximum atomic E-state index is 15.3. The van der Waals surface area contributed by atoms with Crippen molar-refractivity contribution in [3.63, 3.8) is 0 Å². The normalized spacial score (nSPS) is 13.9. The van der Waals surface area contributed by atoms with E-state index in [2.05, 4.69) is 15.3 Å². The number of fused-ring (bicyclic) bond motifs is 2. The number of anilines is 1. The first-order valence-corrected chi connectivity index (χ1v) is 14.2. The van der Waals surface area contributed by atoms with Crippen LogP contribution in [0.5, 0.6) is 28.9 Å². The number of benzene rings is 2. The quantitative estimate of drug-likeness (QED) is 0.227. The number of amides is 1. The smallest absolute Gasteiger partial charge is 0.268 e. The summed E-state index contributed by atoms with van der Waals surface area (Å²) >= 11 is 0. The first kappa shape index (κ1) is 28.3. The highest BCUT2D eigenvalue weighted by atomic mass is 19.1. The molecule has 0 saturated heterocycles. The molecule has 1 N–H and O–H groups in total. The lowest BCUT2D eigenvalue weighted by Crippen LogP contribution is -2.30. The van der Waals surface area contributed by atoms with Crippen molar-refractivity contribution in [2.45, 2.75) is 25.7 Å². The van der Waals surface area contributed by atoms with Gasteiger partial charge in [0, 0.05) is 48.7 Å². The molecule has 12 heteroatoms. The number of hydrogen-bond acceptors (Lipinski definition) is 8. The summed E-state index contributed by atoms with van der Waals surface area (Å²) in [6.45, 7) is 2.58. The third-order valence-electron chi connectivity index (χ3n) is 7.69. The van der Waals surface area contributed by atoms with E-state index in [0.29, 0.717) is 47.2 Å². The molecule has 0 bridgehead atoms. The van der Waals surface area contributed by atoms with Gasteiger partial charge in [-0.15, -0.1) is 0 Å². The van der Waals surface area contributed by atoms with Gasteiger partial charge in [0.1, 0.15) is 24.5 Å². The summed E-state index contributed by atoms with van der Waals surface area (Å²) in [6, 6.07) is 11.5. The van der Waals surface area contributed by atoms with E-state index < -0.39 is 28.9 Å². The summed E-state index contributed by atoms with van der Waals surface area (Å²) in [5, 5.41) is 2.91. The molecular weight excluding hydrogens is 586 g/mol. The molecule has 7 rings (SSSR count). The topological polar surface area (TPSA) is 114 Å². The van der Waals surface area contributed by atoms with E-state index in [1.807, 2.05) is 6.92 Å². The van der Waals surface area contributed by atoms with Crippen LogP contribution in [-0.2, 0) is 0 Å². The standard InChI is InChI=1S/C33H26F2N4O6.H2/c1-17-11-30(42-2)37-16-26(17)39-25(18-3-4-18)6-5-20(33(39)41)32(40)38-19-12-22(34)31(23(35)13-19)45-27-7-8-36-24-15-29-28(14-21(24)27)43-9-10-44-29;/h5-8,11-16,18H,3-4,9-10H2,1-2H3,(H,38,40);1H. The molecule has 2 aliphatic rings. The average molecular weight is 615 g/mol. The molecule has 5 aromatic rings. The number of halogens is 2. The number of aryl methyl sites for hydroxylation is 1. The maximum Gasteiger partial charge on any atom is 0.268 e. The van der Waals surface area contributed by atoms with E-state index in [0.717, 1.165) is 36.2 Å². The second kappa shape index (κ2) is 11.2. The fraction of sp³-hybridized carbons (Fsp3) is 0.212. The van der Waals surface area contributed by atoms with Crippen molar-refractivity contribution in [2.75, 3.05) is 25.6 Å². The van der Waals surface area contributed by atoms with Gasteiger partial charge in [-0.2, -0.15) is 0 Å². The van der Waals surface area contributed by atoms with E-state index in [1.54, 1.807) is 24.3 Å². The van der Waals surface area contributed by atoms with E-state index in [-0.39, 0.29) is 24.3 Å². The summed E-state index contributed by atoms with van der Waals surface area (Å²) in [7, 11) is 1.50. The molecule has 10 nitrogen and oxygen atoms in total. The van der Waals surface area contributed by atoms with Gasteiger partial charge in [-0.1, -0.05) is 0 Å². The summed E-state index contributed by atoms with van der Waals surface area (Å²) in [6.07, 6.45) is 4.80. The number of hydrogen-bond donors (Lipinski definition) is 1. The number of aromatic nitrogens is 3. The number of carbonyl (C=O) groups excluding carboxylic acids is 1. The molecule has 0 spiro atoms. The van der Waals surface area contributed by atoms with E-state index >= 15 is 8.78 Å². The minimum Gasteiger partial charge on any atom is -0.486 e. The summed E-state index contributed by atoms with van der Waals surface area (Å²) in [5.41, 5.74) is 1.52. The van der Waals surface area contributed by atoms with Crippen LogP contribution in [0.1, 0.15) is 41.8 Å². The average Bonchev–Trinajstić information content (AvgIpc) is 3.87. The molecule has 45 heavy (non-hydrogen) atoms. The van der Waals surface area contributed by atoms with Crippen molar-refractivity contribution in [1.82, 2.24) is 14.5 Å². The predicted molar refractivity (Wildman–Crippen MR) is 162 cm³/mol. The predicted octanol–water partition coefficient (Wildman–Crippen LogP) is 6.32. The number of ether oxygens (including phenoxy) is 4. The zero-order chi connectivity index (χ0) is 31.2. The molecule has 3 aromatic heterocycles. The van der Waals surface area contributed by atoms with Crippen molar-refractivity contribution in [2.24, 2.45) is 0 Å². The van der Waals surface area contributed by atoms with Gasteiger partial charge in [-0.25, -0.2) is 13.8 Å². The van der Waals surface area contributed by atoms with Gasteiger partial charge in [-0.05, 0) is 55.5 Å². The molecule has 2 aromatic carbocycles. The lowest BCUT2D eigenvalue weighted by atomic mass is 10.1. The molecule has 0 atom stereocenters. The molecule has 0 unspecified atom stereocenters. The third kappa shape index (κ3) is 5.28. The second-order valence-corrected chi connectivity index (χ2v) is 10.7. The summed E-state index contributed by atoms with van der Waals surface area (Å²) in [4.78, 5) is 35.5. The van der Waals surface area contributed by atoms with Crippen LogP contribution in [0.3, 0.4) is 0 Å². The number of carbonyl (C=O) groups is 1. The van der Waals surface area contributed by atoms with Crippen LogP contribution in [0.25, 0.3) is 16.6 Å². The van der Waals surface area contributed by atoms with Crippen molar-refractivity contribution in [3.8, 4) is 34.6 Å². The largest absolute Gasteiger partial charge is 0.486 e. The van der Waals surface area contributed by atoms with Crippen LogP contribution in [0.2, 0.25) is 0 Å². The van der Waals surface area contributed by atoms with Gasteiger partial charge in [0.05, 0.1) is 24.5 Å².